The lowest BCUT2D eigenvalue weighted by Crippen LogP contribution is -2.37. The van der Waals surface area contributed by atoms with E-state index in [0.29, 0.717) is 20.8 Å². The Morgan fingerprint density at radius 3 is 2.54 bits per heavy atom. The molecule has 0 atom stereocenters. The van der Waals surface area contributed by atoms with Crippen molar-refractivity contribution in [3.8, 4) is 5.75 Å². The fourth-order valence-corrected chi connectivity index (χ4v) is 4.05. The van der Waals surface area contributed by atoms with Gasteiger partial charge in [-0.15, -0.1) is 0 Å². The van der Waals surface area contributed by atoms with Crippen molar-refractivity contribution in [2.75, 3.05) is 13.7 Å². The van der Waals surface area contributed by atoms with Crippen molar-refractivity contribution >= 4 is 62.5 Å². The summed E-state index contributed by atoms with van der Waals surface area (Å²) in [7, 11) is 1.49. The Kier molecular flexibility index (Phi) is 6.42. The van der Waals surface area contributed by atoms with Crippen molar-refractivity contribution in [2.45, 2.75) is 26.4 Å². The molecular formula is C17H17BrClNO5S. The minimum absolute atomic E-state index is 0.201. The van der Waals surface area contributed by atoms with Crippen LogP contribution in [-0.4, -0.2) is 41.3 Å². The van der Waals surface area contributed by atoms with Gasteiger partial charge in [0, 0.05) is 0 Å². The summed E-state index contributed by atoms with van der Waals surface area (Å²) in [6.07, 6.45) is 1.54. The third kappa shape index (κ3) is 5.02. The number of esters is 1. The van der Waals surface area contributed by atoms with E-state index in [9.17, 15) is 14.4 Å². The maximum Gasteiger partial charge on any atom is 0.326 e. The van der Waals surface area contributed by atoms with E-state index < -0.39 is 29.3 Å². The van der Waals surface area contributed by atoms with E-state index in [4.69, 9.17) is 21.1 Å². The molecule has 1 fully saturated rings. The van der Waals surface area contributed by atoms with Crippen molar-refractivity contribution < 1.29 is 23.9 Å². The normalized spacial score (nSPS) is 16.4. The number of hydrogen-bond donors (Lipinski definition) is 0. The first-order valence-electron chi connectivity index (χ1n) is 7.52. The molecule has 0 radical (unpaired) electrons. The standard InChI is InChI=1S/C17H17BrClNO5S/c1-17(2,3)25-13(21)8-20-15(22)12(26-16(20)23)7-9-5-10(18)14(24-4)11(19)6-9/h5-7H,8H2,1-4H3. The van der Waals surface area contributed by atoms with Crippen LogP contribution in [0, 0.1) is 0 Å². The van der Waals surface area contributed by atoms with Gasteiger partial charge < -0.3 is 9.47 Å². The van der Waals surface area contributed by atoms with Crippen LogP contribution in [0.5, 0.6) is 5.75 Å². The number of thioether (sulfide) groups is 1. The lowest BCUT2D eigenvalue weighted by atomic mass is 10.2. The van der Waals surface area contributed by atoms with Crippen LogP contribution in [0.1, 0.15) is 26.3 Å². The number of benzene rings is 1. The van der Waals surface area contributed by atoms with Crippen LogP contribution in [0.15, 0.2) is 21.5 Å². The first-order valence-corrected chi connectivity index (χ1v) is 9.51. The first-order chi connectivity index (χ1) is 12.0. The Hall–Kier alpha value is -1.51. The van der Waals surface area contributed by atoms with E-state index in [0.717, 1.165) is 16.7 Å². The molecule has 1 aliphatic rings. The van der Waals surface area contributed by atoms with Gasteiger partial charge in [-0.25, -0.2) is 0 Å². The van der Waals surface area contributed by atoms with Crippen LogP contribution in [0.3, 0.4) is 0 Å². The van der Waals surface area contributed by atoms with Gasteiger partial charge in [-0.3, -0.25) is 19.3 Å². The first kappa shape index (κ1) is 20.8. The summed E-state index contributed by atoms with van der Waals surface area (Å²) in [4.78, 5) is 37.5. The molecule has 9 heteroatoms. The van der Waals surface area contributed by atoms with Gasteiger partial charge >= 0.3 is 5.97 Å². The second kappa shape index (κ2) is 8.02. The van der Waals surface area contributed by atoms with Gasteiger partial charge in [-0.1, -0.05) is 11.6 Å². The average Bonchev–Trinajstić information content (AvgIpc) is 2.72. The van der Waals surface area contributed by atoms with Crippen molar-refractivity contribution in [1.82, 2.24) is 4.90 Å². The van der Waals surface area contributed by atoms with E-state index >= 15 is 0 Å². The number of carbonyl (C=O) groups is 3. The predicted octanol–water partition coefficient (Wildman–Crippen LogP) is 4.49. The quantitative estimate of drug-likeness (QED) is 0.485. The fraction of sp³-hybridized carbons (Fsp3) is 0.353. The highest BCUT2D eigenvalue weighted by molar-refractivity contribution is 9.10. The van der Waals surface area contributed by atoms with E-state index in [2.05, 4.69) is 15.9 Å². The third-order valence-corrected chi connectivity index (χ3v) is 4.88. The molecule has 1 saturated heterocycles. The summed E-state index contributed by atoms with van der Waals surface area (Å²) >= 11 is 10.2. The summed E-state index contributed by atoms with van der Waals surface area (Å²) < 4.78 is 10.9. The van der Waals surface area contributed by atoms with Crippen LogP contribution in [0.2, 0.25) is 5.02 Å². The third-order valence-electron chi connectivity index (χ3n) is 3.10. The minimum Gasteiger partial charge on any atom is -0.494 e. The van der Waals surface area contributed by atoms with Gasteiger partial charge in [0.05, 0.1) is 21.5 Å². The predicted molar refractivity (Wildman–Crippen MR) is 104 cm³/mol. The largest absolute Gasteiger partial charge is 0.494 e. The zero-order chi connectivity index (χ0) is 19.6. The van der Waals surface area contributed by atoms with Crippen LogP contribution >= 0.6 is 39.3 Å². The second-order valence-electron chi connectivity index (χ2n) is 6.37. The zero-order valence-electron chi connectivity index (χ0n) is 14.6. The van der Waals surface area contributed by atoms with Gasteiger partial charge in [0.2, 0.25) is 0 Å². The fourth-order valence-electron chi connectivity index (χ4n) is 2.15. The van der Waals surface area contributed by atoms with Gasteiger partial charge in [0.1, 0.15) is 12.1 Å². The number of halogens is 2. The Bertz CT molecular complexity index is 780. The summed E-state index contributed by atoms with van der Waals surface area (Å²) in [5.74, 6) is -0.716. The highest BCUT2D eigenvalue weighted by atomic mass is 79.9. The summed E-state index contributed by atoms with van der Waals surface area (Å²) in [6.45, 7) is 4.71. The number of nitrogens with zero attached hydrogens (tertiary/aromatic N) is 1. The molecule has 0 spiro atoms. The molecule has 0 N–H and O–H groups in total. The van der Waals surface area contributed by atoms with E-state index in [-0.39, 0.29) is 4.91 Å². The maximum atomic E-state index is 12.5. The lowest BCUT2D eigenvalue weighted by molar-refractivity contribution is -0.156. The maximum absolute atomic E-state index is 12.5. The molecule has 0 aromatic heterocycles. The van der Waals surface area contributed by atoms with Crippen molar-refractivity contribution in [3.05, 3.63) is 32.1 Å². The molecule has 0 bridgehead atoms. The van der Waals surface area contributed by atoms with E-state index in [1.165, 1.54) is 13.2 Å². The number of amides is 2. The van der Waals surface area contributed by atoms with Crippen LogP contribution < -0.4 is 4.74 Å². The Morgan fingerprint density at radius 1 is 1.35 bits per heavy atom. The minimum atomic E-state index is -0.694. The summed E-state index contributed by atoms with van der Waals surface area (Å²) in [6, 6.07) is 3.33. The highest BCUT2D eigenvalue weighted by Crippen LogP contribution is 2.37. The number of carbonyl (C=O) groups excluding carboxylic acids is 3. The zero-order valence-corrected chi connectivity index (χ0v) is 17.8. The molecule has 26 heavy (non-hydrogen) atoms. The molecular weight excluding hydrogens is 446 g/mol. The Labute approximate surface area is 169 Å². The topological polar surface area (TPSA) is 72.9 Å². The van der Waals surface area contributed by atoms with Crippen molar-refractivity contribution in [3.63, 3.8) is 0 Å². The molecule has 1 aromatic carbocycles. The van der Waals surface area contributed by atoms with Crippen LogP contribution in [0.4, 0.5) is 4.79 Å². The molecule has 0 unspecified atom stereocenters. The van der Waals surface area contributed by atoms with Gasteiger partial charge in [-0.2, -0.15) is 0 Å². The number of methoxy groups -OCH3 is 1. The monoisotopic (exact) mass is 461 g/mol. The summed E-state index contributed by atoms with van der Waals surface area (Å²) in [5.41, 5.74) is -0.0775. The summed E-state index contributed by atoms with van der Waals surface area (Å²) in [5, 5.41) is -0.160. The molecule has 1 aliphatic heterocycles. The number of rotatable bonds is 4. The van der Waals surface area contributed by atoms with Crippen LogP contribution in [0.25, 0.3) is 6.08 Å². The smallest absolute Gasteiger partial charge is 0.326 e. The molecule has 0 saturated carbocycles. The second-order valence-corrected chi connectivity index (χ2v) is 8.63. The number of ether oxygens (including phenoxy) is 2. The molecule has 140 valence electrons. The molecule has 2 amide bonds. The molecule has 1 heterocycles. The average molecular weight is 463 g/mol. The lowest BCUT2D eigenvalue weighted by Gasteiger charge is -2.21. The highest BCUT2D eigenvalue weighted by Gasteiger charge is 2.37. The van der Waals surface area contributed by atoms with Crippen LogP contribution in [-0.2, 0) is 14.3 Å². The SMILES string of the molecule is COc1c(Cl)cc(C=C2SC(=O)N(CC(=O)OC(C)(C)C)C2=O)cc1Br. The van der Waals surface area contributed by atoms with Gasteiger partial charge in [0.15, 0.2) is 5.75 Å². The number of imide groups is 1. The van der Waals surface area contributed by atoms with E-state index in [1.54, 1.807) is 32.9 Å². The molecule has 2 rings (SSSR count). The molecule has 6 nitrogen and oxygen atoms in total. The van der Waals surface area contributed by atoms with Crippen molar-refractivity contribution in [1.29, 1.82) is 0 Å². The molecule has 1 aromatic rings. The Morgan fingerprint density at radius 2 is 2.00 bits per heavy atom. The number of hydrogen-bond acceptors (Lipinski definition) is 6. The van der Waals surface area contributed by atoms with Gasteiger partial charge in [-0.05, 0) is 72.2 Å². The Balaban J connectivity index is 2.20. The van der Waals surface area contributed by atoms with Gasteiger partial charge in [0.25, 0.3) is 11.1 Å². The van der Waals surface area contributed by atoms with Crippen molar-refractivity contribution in [2.24, 2.45) is 0 Å². The molecule has 0 aliphatic carbocycles. The van der Waals surface area contributed by atoms with E-state index in [1.807, 2.05) is 0 Å².